The Kier molecular flexibility index (Phi) is 20.1. The molecule has 0 heterocycles. The first-order chi connectivity index (χ1) is 5.12. The van der Waals surface area contributed by atoms with Crippen LogP contribution >= 0.6 is 0 Å². The summed E-state index contributed by atoms with van der Waals surface area (Å²) >= 11 is 0. The molecule has 0 fully saturated rings. The molecule has 0 N–H and O–H groups in total. The fraction of sp³-hybridized carbons (Fsp3) is 1.00. The van der Waals surface area contributed by atoms with Crippen LogP contribution in [0.5, 0.6) is 0 Å². The van der Waals surface area contributed by atoms with Crippen LogP contribution in [0.4, 0.5) is 0 Å². The minimum Gasteiger partial charge on any atom is -0.748 e. The SMILES string of the molecule is CCS(=O)(=O)[O-].CCS(=O)(=O)[O-].[Na+].[Na+]. The van der Waals surface area contributed by atoms with Crippen molar-refractivity contribution in [1.29, 1.82) is 0 Å². The maximum Gasteiger partial charge on any atom is 1.00 e. The standard InChI is InChI=1S/2C2H6O3S.2Na/c2*1-2-6(3,4)5;;/h2*2H2,1H3,(H,3,4,5);;/q;;2*+1/p-2. The average molecular weight is 264 g/mol. The van der Waals surface area contributed by atoms with E-state index in [2.05, 4.69) is 0 Å². The maximum atomic E-state index is 9.44. The molecule has 0 amide bonds. The summed E-state index contributed by atoms with van der Waals surface area (Å²) in [6.45, 7) is 2.62. The fourth-order valence-electron chi connectivity index (χ4n) is 0. The van der Waals surface area contributed by atoms with E-state index in [4.69, 9.17) is 0 Å². The molecule has 0 aliphatic rings. The van der Waals surface area contributed by atoms with E-state index in [0.717, 1.165) is 0 Å². The second kappa shape index (κ2) is 11.3. The van der Waals surface area contributed by atoms with E-state index in [-0.39, 0.29) is 70.6 Å². The van der Waals surface area contributed by atoms with Crippen LogP contribution in [-0.2, 0) is 20.2 Å². The van der Waals surface area contributed by atoms with Crippen molar-refractivity contribution in [3.8, 4) is 0 Å². The maximum absolute atomic E-state index is 9.44. The molecule has 0 aliphatic carbocycles. The summed E-state index contributed by atoms with van der Waals surface area (Å²) in [7, 11) is -7.82. The van der Waals surface area contributed by atoms with Gasteiger partial charge in [0.15, 0.2) is 0 Å². The first-order valence-corrected chi connectivity index (χ1v) is 6.15. The van der Waals surface area contributed by atoms with E-state index in [1.807, 2.05) is 0 Å². The van der Waals surface area contributed by atoms with Crippen molar-refractivity contribution in [1.82, 2.24) is 0 Å². The van der Waals surface area contributed by atoms with Crippen LogP contribution < -0.4 is 59.1 Å². The Morgan fingerprint density at radius 3 is 0.857 bits per heavy atom. The molecule has 0 spiro atoms. The third kappa shape index (κ3) is 37.1. The number of hydrogen-bond acceptors (Lipinski definition) is 6. The van der Waals surface area contributed by atoms with Crippen molar-refractivity contribution in [2.45, 2.75) is 13.8 Å². The van der Waals surface area contributed by atoms with Crippen LogP contribution in [0.25, 0.3) is 0 Å². The van der Waals surface area contributed by atoms with Gasteiger partial charge in [-0.3, -0.25) is 0 Å². The predicted molar refractivity (Wildman–Crippen MR) is 40.5 cm³/mol. The van der Waals surface area contributed by atoms with Crippen LogP contribution in [0.2, 0.25) is 0 Å². The van der Waals surface area contributed by atoms with E-state index in [1.165, 1.54) is 13.8 Å². The van der Waals surface area contributed by atoms with Crippen molar-refractivity contribution in [2.75, 3.05) is 11.5 Å². The molecule has 0 saturated heterocycles. The van der Waals surface area contributed by atoms with Gasteiger partial charge in [-0.05, 0) is 0 Å². The van der Waals surface area contributed by atoms with E-state index in [1.54, 1.807) is 0 Å². The molecule has 0 radical (unpaired) electrons. The third-order valence-corrected chi connectivity index (χ3v) is 2.12. The molecule has 0 aromatic heterocycles. The molecule has 0 aromatic rings. The Hall–Kier alpha value is 1.82. The van der Waals surface area contributed by atoms with Gasteiger partial charge in [-0.2, -0.15) is 0 Å². The minimum atomic E-state index is -3.91. The Balaban J connectivity index is -0.0000000625. The van der Waals surface area contributed by atoms with Gasteiger partial charge < -0.3 is 9.11 Å². The molecule has 0 aromatic carbocycles. The first kappa shape index (κ1) is 24.9. The van der Waals surface area contributed by atoms with E-state index < -0.39 is 20.2 Å². The number of rotatable bonds is 2. The summed E-state index contributed by atoms with van der Waals surface area (Å²) in [4.78, 5) is 0. The average Bonchev–Trinajstić information content (AvgIpc) is 1.86. The molecule has 0 bridgehead atoms. The quantitative estimate of drug-likeness (QED) is 0.361. The molecule has 76 valence electrons. The number of hydrogen-bond donors (Lipinski definition) is 0. The molecule has 0 atom stereocenters. The Labute approximate surface area is 129 Å². The molecule has 0 saturated carbocycles. The Bertz CT molecular complexity index is 262. The Morgan fingerprint density at radius 2 is 0.857 bits per heavy atom. The van der Waals surface area contributed by atoms with Crippen molar-refractivity contribution in [3.05, 3.63) is 0 Å². The Morgan fingerprint density at radius 1 is 0.786 bits per heavy atom. The zero-order valence-electron chi connectivity index (χ0n) is 8.68. The van der Waals surface area contributed by atoms with Gasteiger partial charge in [0.25, 0.3) is 0 Å². The van der Waals surface area contributed by atoms with Gasteiger partial charge in [0.2, 0.25) is 0 Å². The van der Waals surface area contributed by atoms with E-state index >= 15 is 0 Å². The summed E-state index contributed by atoms with van der Waals surface area (Å²) in [6, 6.07) is 0. The second-order valence-corrected chi connectivity index (χ2v) is 5.08. The molecule has 14 heavy (non-hydrogen) atoms. The van der Waals surface area contributed by atoms with Crippen molar-refractivity contribution < 1.29 is 85.1 Å². The van der Waals surface area contributed by atoms with Crippen LogP contribution in [0.15, 0.2) is 0 Å². The molecular weight excluding hydrogens is 254 g/mol. The summed E-state index contributed by atoms with van der Waals surface area (Å²) < 4.78 is 56.7. The molecule has 10 heteroatoms. The van der Waals surface area contributed by atoms with Gasteiger partial charge >= 0.3 is 59.1 Å². The van der Waals surface area contributed by atoms with Gasteiger partial charge in [-0.15, -0.1) is 0 Å². The fourth-order valence-corrected chi connectivity index (χ4v) is 0. The molecular formula is C4H10Na2O6S2. The van der Waals surface area contributed by atoms with Crippen LogP contribution in [0.1, 0.15) is 13.8 Å². The van der Waals surface area contributed by atoms with Gasteiger partial charge in [0.1, 0.15) is 0 Å². The normalized spacial score (nSPS) is 10.0. The molecule has 6 nitrogen and oxygen atoms in total. The van der Waals surface area contributed by atoms with Crippen molar-refractivity contribution >= 4 is 20.2 Å². The van der Waals surface area contributed by atoms with E-state index in [9.17, 15) is 25.9 Å². The van der Waals surface area contributed by atoms with Gasteiger partial charge in [-0.1, -0.05) is 13.8 Å². The zero-order chi connectivity index (χ0) is 10.4. The molecule has 0 aliphatic heterocycles. The second-order valence-electron chi connectivity index (χ2n) is 1.69. The van der Waals surface area contributed by atoms with Gasteiger partial charge in [-0.25, -0.2) is 16.8 Å². The topological polar surface area (TPSA) is 114 Å². The van der Waals surface area contributed by atoms with Crippen LogP contribution in [0, 0.1) is 0 Å². The summed E-state index contributed by atoms with van der Waals surface area (Å²) in [5.74, 6) is -0.625. The van der Waals surface area contributed by atoms with Gasteiger partial charge in [0.05, 0.1) is 20.2 Å². The van der Waals surface area contributed by atoms with Crippen molar-refractivity contribution in [2.24, 2.45) is 0 Å². The summed E-state index contributed by atoms with van der Waals surface area (Å²) in [5.41, 5.74) is 0. The largest absolute Gasteiger partial charge is 1.00 e. The van der Waals surface area contributed by atoms with Crippen LogP contribution in [0.3, 0.4) is 0 Å². The van der Waals surface area contributed by atoms with Crippen molar-refractivity contribution in [3.63, 3.8) is 0 Å². The first-order valence-electron chi connectivity index (χ1n) is 2.99. The zero-order valence-corrected chi connectivity index (χ0v) is 14.3. The molecule has 0 rings (SSSR count). The predicted octanol–water partition coefficient (Wildman–Crippen LogP) is -6.89. The molecule has 0 unspecified atom stereocenters. The third-order valence-electron chi connectivity index (χ3n) is 0.707. The smallest absolute Gasteiger partial charge is 0.748 e. The minimum absolute atomic E-state index is 0. The van der Waals surface area contributed by atoms with Gasteiger partial charge in [0, 0.05) is 11.5 Å². The monoisotopic (exact) mass is 264 g/mol. The summed E-state index contributed by atoms with van der Waals surface area (Å²) in [6.07, 6.45) is 0. The van der Waals surface area contributed by atoms with Crippen LogP contribution in [-0.4, -0.2) is 37.4 Å². The van der Waals surface area contributed by atoms with E-state index in [0.29, 0.717) is 0 Å². The summed E-state index contributed by atoms with van der Waals surface area (Å²) in [5, 5.41) is 0.